The maximum atomic E-state index is 12.6. The van der Waals surface area contributed by atoms with Crippen molar-refractivity contribution < 1.29 is 37.2 Å². The molecule has 0 bridgehead atoms. The standard InChI is InChI=1S/C17H29O8P/c1-8-9-21-26(20,22-10-14(6)24-16(18)12(2)3)23-11-15(7)25-17(19)13(4)5/h14-15H,2,4,8-11H2,1,3,5-7H3. The molecular formula is C17H29O8P. The van der Waals surface area contributed by atoms with Crippen LogP contribution >= 0.6 is 7.82 Å². The maximum absolute atomic E-state index is 12.6. The second-order valence-electron chi connectivity index (χ2n) is 5.86. The first-order valence-electron chi connectivity index (χ1n) is 8.27. The van der Waals surface area contributed by atoms with Crippen molar-refractivity contribution in [2.45, 2.75) is 53.2 Å². The summed E-state index contributed by atoms with van der Waals surface area (Å²) in [6.45, 7) is 14.7. The fourth-order valence-electron chi connectivity index (χ4n) is 1.34. The van der Waals surface area contributed by atoms with Gasteiger partial charge in [0.2, 0.25) is 0 Å². The van der Waals surface area contributed by atoms with Gasteiger partial charge in [-0.2, -0.15) is 0 Å². The lowest BCUT2D eigenvalue weighted by atomic mass is 10.3. The minimum atomic E-state index is -3.91. The van der Waals surface area contributed by atoms with Crippen LogP contribution in [0.1, 0.15) is 41.0 Å². The predicted molar refractivity (Wildman–Crippen MR) is 96.5 cm³/mol. The van der Waals surface area contributed by atoms with Crippen LogP contribution in [0.2, 0.25) is 0 Å². The summed E-state index contributed by atoms with van der Waals surface area (Å²) in [4.78, 5) is 22.9. The molecule has 0 N–H and O–H groups in total. The van der Waals surface area contributed by atoms with E-state index in [4.69, 9.17) is 23.0 Å². The van der Waals surface area contributed by atoms with Gasteiger partial charge in [-0.1, -0.05) is 20.1 Å². The minimum Gasteiger partial charge on any atom is -0.457 e. The van der Waals surface area contributed by atoms with E-state index in [0.717, 1.165) is 0 Å². The maximum Gasteiger partial charge on any atom is 0.475 e. The Morgan fingerprint density at radius 2 is 1.27 bits per heavy atom. The second-order valence-corrected chi connectivity index (χ2v) is 7.53. The summed E-state index contributed by atoms with van der Waals surface area (Å²) in [7, 11) is -3.91. The SMILES string of the molecule is C=C(C)C(=O)OC(C)COP(=O)(OCCC)OCC(C)OC(=O)C(=C)C. The number of carbonyl (C=O) groups excluding carboxylic acids is 2. The van der Waals surface area contributed by atoms with Crippen LogP contribution < -0.4 is 0 Å². The average molecular weight is 392 g/mol. The molecular weight excluding hydrogens is 363 g/mol. The van der Waals surface area contributed by atoms with Gasteiger partial charge in [0.25, 0.3) is 0 Å². The second kappa shape index (κ2) is 12.0. The van der Waals surface area contributed by atoms with Crippen molar-refractivity contribution >= 4 is 19.8 Å². The molecule has 8 nitrogen and oxygen atoms in total. The van der Waals surface area contributed by atoms with Crippen LogP contribution in [0.3, 0.4) is 0 Å². The van der Waals surface area contributed by atoms with Crippen molar-refractivity contribution in [1.29, 1.82) is 0 Å². The summed E-state index contributed by atoms with van der Waals surface area (Å²) in [6.07, 6.45) is -0.767. The van der Waals surface area contributed by atoms with Crippen LogP contribution in [0, 0.1) is 0 Å². The van der Waals surface area contributed by atoms with Crippen LogP contribution in [0.15, 0.2) is 24.3 Å². The lowest BCUT2D eigenvalue weighted by Gasteiger charge is -2.22. The highest BCUT2D eigenvalue weighted by atomic mass is 31.2. The molecule has 0 saturated heterocycles. The molecule has 0 amide bonds. The number of carbonyl (C=O) groups is 2. The fourth-order valence-corrected chi connectivity index (χ4v) is 2.76. The van der Waals surface area contributed by atoms with E-state index in [9.17, 15) is 14.2 Å². The molecule has 0 heterocycles. The first kappa shape index (κ1) is 24.5. The summed E-state index contributed by atoms with van der Waals surface area (Å²) >= 11 is 0. The lowest BCUT2D eigenvalue weighted by Crippen LogP contribution is -2.23. The van der Waals surface area contributed by atoms with Gasteiger partial charge in [0.15, 0.2) is 0 Å². The van der Waals surface area contributed by atoms with Crippen molar-refractivity contribution in [2.75, 3.05) is 19.8 Å². The van der Waals surface area contributed by atoms with Gasteiger partial charge in [-0.3, -0.25) is 13.6 Å². The van der Waals surface area contributed by atoms with Gasteiger partial charge in [0.1, 0.15) is 12.2 Å². The van der Waals surface area contributed by atoms with Crippen LogP contribution in [-0.4, -0.2) is 44.0 Å². The summed E-state index contributed by atoms with van der Waals surface area (Å²) < 4.78 is 38.3. The summed E-state index contributed by atoms with van der Waals surface area (Å²) in [6, 6.07) is 0. The highest BCUT2D eigenvalue weighted by Crippen LogP contribution is 2.49. The van der Waals surface area contributed by atoms with Crippen LogP contribution in [0.4, 0.5) is 0 Å². The molecule has 2 atom stereocenters. The molecule has 0 rings (SSSR count). The highest BCUT2D eigenvalue weighted by Gasteiger charge is 2.29. The molecule has 0 radical (unpaired) electrons. The van der Waals surface area contributed by atoms with Crippen molar-refractivity contribution in [3.8, 4) is 0 Å². The van der Waals surface area contributed by atoms with Gasteiger partial charge < -0.3 is 9.47 Å². The molecule has 9 heteroatoms. The largest absolute Gasteiger partial charge is 0.475 e. The van der Waals surface area contributed by atoms with Gasteiger partial charge in [-0.15, -0.1) is 0 Å². The topological polar surface area (TPSA) is 97.4 Å². The first-order chi connectivity index (χ1) is 12.0. The van der Waals surface area contributed by atoms with E-state index in [-0.39, 0.29) is 31.0 Å². The Kier molecular flexibility index (Phi) is 11.3. The Balaban J connectivity index is 4.65. The third-order valence-corrected chi connectivity index (χ3v) is 4.13. The smallest absolute Gasteiger partial charge is 0.457 e. The lowest BCUT2D eigenvalue weighted by molar-refractivity contribution is -0.145. The Morgan fingerprint density at radius 3 is 1.58 bits per heavy atom. The van der Waals surface area contributed by atoms with Crippen molar-refractivity contribution in [3.05, 3.63) is 24.3 Å². The van der Waals surface area contributed by atoms with Crippen LogP contribution in [0.5, 0.6) is 0 Å². The molecule has 0 aromatic rings. The number of ether oxygens (including phenoxy) is 2. The Morgan fingerprint density at radius 1 is 0.885 bits per heavy atom. The van der Waals surface area contributed by atoms with E-state index in [1.165, 1.54) is 13.8 Å². The van der Waals surface area contributed by atoms with E-state index >= 15 is 0 Å². The summed E-state index contributed by atoms with van der Waals surface area (Å²) in [5.41, 5.74) is 0.485. The molecule has 26 heavy (non-hydrogen) atoms. The third kappa shape index (κ3) is 10.5. The molecule has 0 fully saturated rings. The first-order valence-corrected chi connectivity index (χ1v) is 9.73. The minimum absolute atomic E-state index is 0.150. The van der Waals surface area contributed by atoms with E-state index < -0.39 is 32.0 Å². The number of hydrogen-bond donors (Lipinski definition) is 0. The van der Waals surface area contributed by atoms with E-state index in [1.54, 1.807) is 13.8 Å². The van der Waals surface area contributed by atoms with Crippen LogP contribution in [0.25, 0.3) is 0 Å². The third-order valence-electron chi connectivity index (χ3n) is 2.70. The zero-order valence-corrected chi connectivity index (χ0v) is 17.0. The van der Waals surface area contributed by atoms with Crippen molar-refractivity contribution in [2.24, 2.45) is 0 Å². The van der Waals surface area contributed by atoms with E-state index in [1.807, 2.05) is 6.92 Å². The number of phosphoric ester groups is 1. The molecule has 0 aliphatic rings. The fraction of sp³-hybridized carbons (Fsp3) is 0.647. The zero-order chi connectivity index (χ0) is 20.3. The molecule has 150 valence electrons. The molecule has 0 aromatic heterocycles. The Bertz CT molecular complexity index is 515. The van der Waals surface area contributed by atoms with Gasteiger partial charge in [-0.25, -0.2) is 14.2 Å². The molecule has 0 saturated carbocycles. The van der Waals surface area contributed by atoms with E-state index in [2.05, 4.69) is 13.2 Å². The molecule has 2 unspecified atom stereocenters. The molecule has 0 aliphatic heterocycles. The van der Waals surface area contributed by atoms with Gasteiger partial charge in [-0.05, 0) is 34.1 Å². The molecule has 0 spiro atoms. The quantitative estimate of drug-likeness (QED) is 0.267. The molecule has 0 aliphatic carbocycles. The number of rotatable bonds is 13. The van der Waals surface area contributed by atoms with E-state index in [0.29, 0.717) is 6.42 Å². The number of esters is 2. The normalized spacial score (nSPS) is 15.4. The Labute approximate surface area is 155 Å². The average Bonchev–Trinajstić information content (AvgIpc) is 2.56. The van der Waals surface area contributed by atoms with Gasteiger partial charge in [0.05, 0.1) is 19.8 Å². The summed E-state index contributed by atoms with van der Waals surface area (Å²) in [5, 5.41) is 0. The predicted octanol–water partition coefficient (Wildman–Crippen LogP) is 3.57. The Hall–Kier alpha value is -1.47. The zero-order valence-electron chi connectivity index (χ0n) is 16.1. The summed E-state index contributed by atoms with van der Waals surface area (Å²) in [5.74, 6) is -1.15. The monoisotopic (exact) mass is 392 g/mol. The van der Waals surface area contributed by atoms with Gasteiger partial charge >= 0.3 is 19.8 Å². The van der Waals surface area contributed by atoms with Crippen molar-refractivity contribution in [3.63, 3.8) is 0 Å². The number of phosphoric acid groups is 1. The van der Waals surface area contributed by atoms with Crippen molar-refractivity contribution in [1.82, 2.24) is 0 Å². The van der Waals surface area contributed by atoms with Gasteiger partial charge in [0, 0.05) is 11.1 Å². The van der Waals surface area contributed by atoms with Crippen LogP contribution in [-0.2, 0) is 37.2 Å². The number of hydrogen-bond acceptors (Lipinski definition) is 8. The molecule has 0 aromatic carbocycles. The highest BCUT2D eigenvalue weighted by molar-refractivity contribution is 7.48.